The zero-order chi connectivity index (χ0) is 15.0. The predicted octanol–water partition coefficient (Wildman–Crippen LogP) is 3.09. The topological polar surface area (TPSA) is 30.5 Å². The largest absolute Gasteiger partial charge is 0.493 e. The minimum atomic E-state index is -4.15. The Hall–Kier alpha value is -1.08. The lowest BCUT2D eigenvalue weighted by molar-refractivity contribution is -0.0327. The quantitative estimate of drug-likeness (QED) is 0.748. The van der Waals surface area contributed by atoms with Gasteiger partial charge >= 0.3 is 5.51 Å². The Balaban J connectivity index is 2.28. The van der Waals surface area contributed by atoms with Crippen molar-refractivity contribution in [2.24, 2.45) is 0 Å². The molecule has 0 aliphatic carbocycles. The van der Waals surface area contributed by atoms with Crippen molar-refractivity contribution in [1.82, 2.24) is 5.32 Å². The Morgan fingerprint density at radius 1 is 1.10 bits per heavy atom. The van der Waals surface area contributed by atoms with Crippen LogP contribution in [0.25, 0.3) is 0 Å². The molecular weight excluding hydrogens is 291 g/mol. The normalized spacial score (nSPS) is 11.4. The van der Waals surface area contributed by atoms with Gasteiger partial charge in [0.05, 0.1) is 14.2 Å². The zero-order valence-corrected chi connectivity index (χ0v) is 12.2. The second-order valence-corrected chi connectivity index (χ2v) is 5.14. The number of thioether (sulfide) groups is 1. The Labute approximate surface area is 120 Å². The third-order valence-electron chi connectivity index (χ3n) is 2.58. The van der Waals surface area contributed by atoms with Gasteiger partial charge in [-0.1, -0.05) is 6.07 Å². The first-order chi connectivity index (χ1) is 9.46. The molecule has 114 valence electrons. The maximum Gasteiger partial charge on any atom is 0.441 e. The Morgan fingerprint density at radius 2 is 1.80 bits per heavy atom. The van der Waals surface area contributed by atoms with Crippen LogP contribution in [0.2, 0.25) is 0 Å². The average Bonchev–Trinajstić information content (AvgIpc) is 2.41. The summed E-state index contributed by atoms with van der Waals surface area (Å²) in [5.41, 5.74) is -3.11. The summed E-state index contributed by atoms with van der Waals surface area (Å²) in [7, 11) is 3.13. The van der Waals surface area contributed by atoms with E-state index in [2.05, 4.69) is 5.32 Å². The van der Waals surface area contributed by atoms with Crippen LogP contribution in [0.1, 0.15) is 5.56 Å². The molecule has 0 saturated carbocycles. The van der Waals surface area contributed by atoms with E-state index >= 15 is 0 Å². The molecule has 7 heteroatoms. The molecule has 0 aliphatic rings. The van der Waals surface area contributed by atoms with Crippen LogP contribution in [0.3, 0.4) is 0 Å². The predicted molar refractivity (Wildman–Crippen MR) is 74.6 cm³/mol. The molecule has 0 unspecified atom stereocenters. The van der Waals surface area contributed by atoms with E-state index < -0.39 is 5.51 Å². The number of benzene rings is 1. The molecular formula is C13H18F3NO2S. The van der Waals surface area contributed by atoms with Gasteiger partial charge in [-0.25, -0.2) is 0 Å². The van der Waals surface area contributed by atoms with Crippen molar-refractivity contribution in [2.75, 3.05) is 33.1 Å². The van der Waals surface area contributed by atoms with E-state index in [1.54, 1.807) is 14.2 Å². The molecule has 1 aromatic rings. The number of hydrogen-bond donors (Lipinski definition) is 1. The molecule has 1 aromatic carbocycles. The van der Waals surface area contributed by atoms with Gasteiger partial charge in [0.15, 0.2) is 11.5 Å². The van der Waals surface area contributed by atoms with E-state index in [0.29, 0.717) is 24.6 Å². The molecule has 0 aromatic heterocycles. The Bertz CT molecular complexity index is 413. The zero-order valence-electron chi connectivity index (χ0n) is 11.4. The van der Waals surface area contributed by atoms with Gasteiger partial charge in [0.1, 0.15) is 0 Å². The molecule has 0 spiro atoms. The lowest BCUT2D eigenvalue weighted by Crippen LogP contribution is -2.21. The number of alkyl halides is 3. The van der Waals surface area contributed by atoms with Crippen LogP contribution in [-0.4, -0.2) is 38.6 Å². The third kappa shape index (κ3) is 6.38. The number of hydrogen-bond acceptors (Lipinski definition) is 4. The first kappa shape index (κ1) is 17.0. The summed E-state index contributed by atoms with van der Waals surface area (Å²) in [6.07, 6.45) is 0.719. The standard InChI is InChI=1S/C13H18F3NO2S/c1-18-11-4-3-10(9-12(11)19-2)5-6-17-7-8-20-13(14,15)16/h3-4,9,17H,5-8H2,1-2H3. The summed E-state index contributed by atoms with van der Waals surface area (Å²) >= 11 is -0.00821. The van der Waals surface area contributed by atoms with Gasteiger partial charge in [0, 0.05) is 12.3 Å². The second-order valence-electron chi connectivity index (χ2n) is 3.98. The molecule has 0 heterocycles. The van der Waals surface area contributed by atoms with Crippen LogP contribution in [0.4, 0.5) is 13.2 Å². The van der Waals surface area contributed by atoms with Crippen molar-refractivity contribution in [3.8, 4) is 11.5 Å². The van der Waals surface area contributed by atoms with E-state index in [4.69, 9.17) is 9.47 Å². The number of ether oxygens (including phenoxy) is 2. The summed E-state index contributed by atoms with van der Waals surface area (Å²) < 4.78 is 46.0. The fourth-order valence-corrected chi connectivity index (χ4v) is 2.11. The van der Waals surface area contributed by atoms with E-state index in [1.807, 2.05) is 18.2 Å². The Morgan fingerprint density at radius 3 is 2.40 bits per heavy atom. The first-order valence-electron chi connectivity index (χ1n) is 6.08. The lowest BCUT2D eigenvalue weighted by atomic mass is 10.1. The van der Waals surface area contributed by atoms with Crippen molar-refractivity contribution in [1.29, 1.82) is 0 Å². The molecule has 20 heavy (non-hydrogen) atoms. The molecule has 0 saturated heterocycles. The summed E-state index contributed by atoms with van der Waals surface area (Å²) in [5, 5.41) is 2.98. The number of rotatable bonds is 8. The molecule has 0 atom stereocenters. The number of halogens is 3. The van der Waals surface area contributed by atoms with Gasteiger partial charge in [-0.3, -0.25) is 0 Å². The molecule has 0 amide bonds. The Kier molecular flexibility index (Phi) is 7.01. The minimum absolute atomic E-state index is 0.00821. The summed E-state index contributed by atoms with van der Waals surface area (Å²) in [5.74, 6) is 1.33. The summed E-state index contributed by atoms with van der Waals surface area (Å²) in [4.78, 5) is 0. The fourth-order valence-electron chi connectivity index (χ4n) is 1.63. The van der Waals surface area contributed by atoms with Crippen LogP contribution in [0.15, 0.2) is 18.2 Å². The van der Waals surface area contributed by atoms with E-state index in [-0.39, 0.29) is 17.5 Å². The number of nitrogens with one attached hydrogen (secondary N) is 1. The maximum absolute atomic E-state index is 11.9. The van der Waals surface area contributed by atoms with Crippen LogP contribution in [-0.2, 0) is 6.42 Å². The van der Waals surface area contributed by atoms with Crippen molar-refractivity contribution < 1.29 is 22.6 Å². The van der Waals surface area contributed by atoms with Crippen molar-refractivity contribution >= 4 is 11.8 Å². The minimum Gasteiger partial charge on any atom is -0.493 e. The SMILES string of the molecule is COc1ccc(CCNCCSC(F)(F)F)cc1OC. The highest BCUT2D eigenvalue weighted by atomic mass is 32.2. The van der Waals surface area contributed by atoms with Crippen LogP contribution in [0, 0.1) is 0 Å². The monoisotopic (exact) mass is 309 g/mol. The molecule has 1 rings (SSSR count). The van der Waals surface area contributed by atoms with E-state index in [0.717, 1.165) is 12.0 Å². The van der Waals surface area contributed by atoms with Crippen LogP contribution < -0.4 is 14.8 Å². The van der Waals surface area contributed by atoms with Gasteiger partial charge in [-0.15, -0.1) is 0 Å². The molecule has 0 aliphatic heterocycles. The van der Waals surface area contributed by atoms with Crippen LogP contribution >= 0.6 is 11.8 Å². The molecule has 1 N–H and O–H groups in total. The van der Waals surface area contributed by atoms with Crippen molar-refractivity contribution in [3.05, 3.63) is 23.8 Å². The fraction of sp³-hybridized carbons (Fsp3) is 0.538. The van der Waals surface area contributed by atoms with Gasteiger partial charge in [0.2, 0.25) is 0 Å². The van der Waals surface area contributed by atoms with Gasteiger partial charge < -0.3 is 14.8 Å². The first-order valence-corrected chi connectivity index (χ1v) is 7.07. The molecule has 0 bridgehead atoms. The number of methoxy groups -OCH3 is 2. The highest BCUT2D eigenvalue weighted by molar-refractivity contribution is 8.00. The van der Waals surface area contributed by atoms with Crippen LogP contribution in [0.5, 0.6) is 11.5 Å². The lowest BCUT2D eigenvalue weighted by Gasteiger charge is -2.10. The summed E-state index contributed by atoms with van der Waals surface area (Å²) in [6.45, 7) is 0.950. The maximum atomic E-state index is 11.9. The smallest absolute Gasteiger partial charge is 0.441 e. The van der Waals surface area contributed by atoms with Gasteiger partial charge in [-0.2, -0.15) is 13.2 Å². The molecule has 0 radical (unpaired) electrons. The average molecular weight is 309 g/mol. The van der Waals surface area contributed by atoms with Gasteiger partial charge in [0.25, 0.3) is 0 Å². The molecule has 3 nitrogen and oxygen atoms in total. The highest BCUT2D eigenvalue weighted by Crippen LogP contribution is 2.29. The van der Waals surface area contributed by atoms with Gasteiger partial charge in [-0.05, 0) is 42.4 Å². The van der Waals surface area contributed by atoms with Crippen molar-refractivity contribution in [3.63, 3.8) is 0 Å². The van der Waals surface area contributed by atoms with E-state index in [1.165, 1.54) is 0 Å². The molecule has 0 fully saturated rings. The van der Waals surface area contributed by atoms with E-state index in [9.17, 15) is 13.2 Å². The second kappa shape index (κ2) is 8.26. The highest BCUT2D eigenvalue weighted by Gasteiger charge is 2.27. The summed E-state index contributed by atoms with van der Waals surface area (Å²) in [6, 6.07) is 5.59. The third-order valence-corrected chi connectivity index (χ3v) is 3.32. The van der Waals surface area contributed by atoms with Crippen molar-refractivity contribution in [2.45, 2.75) is 11.9 Å².